The summed E-state index contributed by atoms with van der Waals surface area (Å²) in [4.78, 5) is 28.3. The van der Waals surface area contributed by atoms with Crippen LogP contribution < -0.4 is 5.32 Å². The van der Waals surface area contributed by atoms with E-state index in [0.717, 1.165) is 0 Å². The molecule has 112 valence electrons. The minimum atomic E-state index is -0.907. The van der Waals surface area contributed by atoms with Gasteiger partial charge in [0, 0.05) is 37.6 Å². The molecule has 2 amide bonds. The van der Waals surface area contributed by atoms with Crippen molar-refractivity contribution in [3.05, 3.63) is 18.7 Å². The number of carboxylic acid groups (broad SMARTS) is 1. The number of carboxylic acids is 1. The molecule has 0 aliphatic heterocycles. The average molecular weight is 282 g/mol. The van der Waals surface area contributed by atoms with Gasteiger partial charge in [0.05, 0.1) is 12.7 Å². The number of nitrogens with zero attached hydrogens (tertiary/aromatic N) is 3. The smallest absolute Gasteiger partial charge is 0.317 e. The van der Waals surface area contributed by atoms with Gasteiger partial charge in [-0.3, -0.25) is 4.79 Å². The molecule has 0 bridgehead atoms. The van der Waals surface area contributed by atoms with Gasteiger partial charge in [-0.1, -0.05) is 0 Å². The molecule has 0 radical (unpaired) electrons. The quantitative estimate of drug-likeness (QED) is 0.785. The first-order valence-corrected chi connectivity index (χ1v) is 6.68. The van der Waals surface area contributed by atoms with Crippen molar-refractivity contribution in [3.8, 4) is 0 Å². The maximum Gasteiger partial charge on any atom is 0.317 e. The fraction of sp³-hybridized carbons (Fsp3) is 0.615. The molecule has 1 aromatic heterocycles. The van der Waals surface area contributed by atoms with Crippen LogP contribution in [-0.4, -0.2) is 50.2 Å². The zero-order chi connectivity index (χ0) is 15.1. The van der Waals surface area contributed by atoms with E-state index in [0.29, 0.717) is 13.1 Å². The van der Waals surface area contributed by atoms with E-state index in [1.807, 2.05) is 24.6 Å². The van der Waals surface area contributed by atoms with Crippen molar-refractivity contribution in [2.45, 2.75) is 45.8 Å². The Bertz CT molecular complexity index is 433. The molecule has 0 saturated heterocycles. The second kappa shape index (κ2) is 7.52. The molecular weight excluding hydrogens is 260 g/mol. The van der Waals surface area contributed by atoms with Crippen molar-refractivity contribution in [1.82, 2.24) is 19.8 Å². The number of aromatic nitrogens is 2. The van der Waals surface area contributed by atoms with Crippen molar-refractivity contribution in [2.75, 3.05) is 6.54 Å². The van der Waals surface area contributed by atoms with E-state index in [-0.39, 0.29) is 24.5 Å². The van der Waals surface area contributed by atoms with Gasteiger partial charge in [-0.2, -0.15) is 0 Å². The molecule has 0 aromatic carbocycles. The number of rotatable bonds is 7. The predicted octanol–water partition coefficient (Wildman–Crippen LogP) is 1.17. The summed E-state index contributed by atoms with van der Waals surface area (Å²) in [6.07, 6.45) is 5.14. The van der Waals surface area contributed by atoms with Gasteiger partial charge < -0.3 is 19.9 Å². The molecule has 20 heavy (non-hydrogen) atoms. The zero-order valence-corrected chi connectivity index (χ0v) is 12.1. The highest BCUT2D eigenvalue weighted by atomic mass is 16.4. The van der Waals surface area contributed by atoms with Gasteiger partial charge in [0.25, 0.3) is 0 Å². The van der Waals surface area contributed by atoms with Gasteiger partial charge in [-0.05, 0) is 20.8 Å². The standard InChI is InChI=1S/C13H22N4O3/c1-4-17(11(3)7-12(18)19)13(20)15-10(2)8-16-6-5-14-9-16/h5-6,9-11H,4,7-8H2,1-3H3,(H,15,20)(H,18,19). The van der Waals surface area contributed by atoms with Crippen molar-refractivity contribution >= 4 is 12.0 Å². The SMILES string of the molecule is CCN(C(=O)NC(C)Cn1ccnc1)C(C)CC(=O)O. The van der Waals surface area contributed by atoms with Gasteiger partial charge in [0.1, 0.15) is 0 Å². The normalized spacial score (nSPS) is 13.6. The summed E-state index contributed by atoms with van der Waals surface area (Å²) in [5.41, 5.74) is 0. The Labute approximate surface area is 118 Å². The average Bonchev–Trinajstić information content (AvgIpc) is 2.81. The van der Waals surface area contributed by atoms with E-state index < -0.39 is 5.97 Å². The van der Waals surface area contributed by atoms with Crippen LogP contribution in [0.3, 0.4) is 0 Å². The number of nitrogens with one attached hydrogen (secondary N) is 1. The molecule has 1 heterocycles. The maximum absolute atomic E-state index is 12.1. The summed E-state index contributed by atoms with van der Waals surface area (Å²) in [5, 5.41) is 11.7. The molecule has 7 heteroatoms. The number of aliphatic carboxylic acids is 1. The maximum atomic E-state index is 12.1. The third-order valence-corrected chi connectivity index (χ3v) is 3.02. The molecule has 7 nitrogen and oxygen atoms in total. The Morgan fingerprint density at radius 3 is 2.65 bits per heavy atom. The third kappa shape index (κ3) is 4.91. The molecule has 0 fully saturated rings. The number of imidazole rings is 1. The number of amides is 2. The first-order valence-electron chi connectivity index (χ1n) is 6.68. The number of carbonyl (C=O) groups excluding carboxylic acids is 1. The molecule has 1 rings (SSSR count). The van der Waals surface area contributed by atoms with Crippen molar-refractivity contribution in [2.24, 2.45) is 0 Å². The van der Waals surface area contributed by atoms with Gasteiger partial charge in [-0.15, -0.1) is 0 Å². The minimum Gasteiger partial charge on any atom is -0.481 e. The van der Waals surface area contributed by atoms with E-state index in [1.165, 1.54) is 4.90 Å². The molecule has 2 unspecified atom stereocenters. The van der Waals surface area contributed by atoms with Crippen molar-refractivity contribution < 1.29 is 14.7 Å². The lowest BCUT2D eigenvalue weighted by Crippen LogP contribution is -2.49. The Kier molecular flexibility index (Phi) is 6.02. The van der Waals surface area contributed by atoms with Crippen LogP contribution in [0, 0.1) is 0 Å². The lowest BCUT2D eigenvalue weighted by atomic mass is 10.2. The van der Waals surface area contributed by atoms with Crippen molar-refractivity contribution in [3.63, 3.8) is 0 Å². The van der Waals surface area contributed by atoms with Crippen molar-refractivity contribution in [1.29, 1.82) is 0 Å². The lowest BCUT2D eigenvalue weighted by molar-refractivity contribution is -0.138. The van der Waals surface area contributed by atoms with E-state index in [4.69, 9.17) is 5.11 Å². The molecule has 1 aromatic rings. The predicted molar refractivity (Wildman–Crippen MR) is 74.3 cm³/mol. The lowest BCUT2D eigenvalue weighted by Gasteiger charge is -2.28. The topological polar surface area (TPSA) is 87.5 Å². The highest BCUT2D eigenvalue weighted by molar-refractivity contribution is 5.76. The largest absolute Gasteiger partial charge is 0.481 e. The fourth-order valence-electron chi connectivity index (χ4n) is 2.07. The Hall–Kier alpha value is -2.05. The van der Waals surface area contributed by atoms with Crippen LogP contribution >= 0.6 is 0 Å². The van der Waals surface area contributed by atoms with E-state index in [2.05, 4.69) is 10.3 Å². The van der Waals surface area contributed by atoms with Crippen LogP contribution in [0.5, 0.6) is 0 Å². The molecule has 0 spiro atoms. The highest BCUT2D eigenvalue weighted by Crippen LogP contribution is 2.05. The van der Waals surface area contributed by atoms with Gasteiger partial charge in [0.15, 0.2) is 0 Å². The Morgan fingerprint density at radius 1 is 1.45 bits per heavy atom. The first kappa shape index (κ1) is 16.0. The first-order chi connectivity index (χ1) is 9.43. The zero-order valence-electron chi connectivity index (χ0n) is 12.1. The molecule has 2 atom stereocenters. The van der Waals surface area contributed by atoms with Crippen LogP contribution in [-0.2, 0) is 11.3 Å². The second-order valence-electron chi connectivity index (χ2n) is 4.84. The molecule has 0 aliphatic rings. The summed E-state index contributed by atoms with van der Waals surface area (Å²) >= 11 is 0. The van der Waals surface area contributed by atoms with Crippen LogP contribution in [0.15, 0.2) is 18.7 Å². The second-order valence-corrected chi connectivity index (χ2v) is 4.84. The molecular formula is C13H22N4O3. The van der Waals surface area contributed by atoms with Crippen LogP contribution in [0.4, 0.5) is 4.79 Å². The minimum absolute atomic E-state index is 0.0584. The summed E-state index contributed by atoms with van der Waals surface area (Å²) < 4.78 is 1.88. The van der Waals surface area contributed by atoms with Crippen LogP contribution in [0.1, 0.15) is 27.2 Å². The highest BCUT2D eigenvalue weighted by Gasteiger charge is 2.21. The molecule has 0 aliphatic carbocycles. The number of urea groups is 1. The Morgan fingerprint density at radius 2 is 2.15 bits per heavy atom. The molecule has 0 saturated carbocycles. The summed E-state index contributed by atoms with van der Waals surface area (Å²) in [5.74, 6) is -0.907. The van der Waals surface area contributed by atoms with Crippen LogP contribution in [0.2, 0.25) is 0 Å². The van der Waals surface area contributed by atoms with E-state index >= 15 is 0 Å². The van der Waals surface area contributed by atoms with E-state index in [1.54, 1.807) is 19.4 Å². The summed E-state index contributed by atoms with van der Waals surface area (Å²) in [6.45, 7) is 6.55. The van der Waals surface area contributed by atoms with Gasteiger partial charge in [0.2, 0.25) is 0 Å². The number of hydrogen-bond donors (Lipinski definition) is 2. The number of carbonyl (C=O) groups is 2. The monoisotopic (exact) mass is 282 g/mol. The summed E-state index contributed by atoms with van der Waals surface area (Å²) in [7, 11) is 0. The Balaban J connectivity index is 2.51. The van der Waals surface area contributed by atoms with Crippen LogP contribution in [0.25, 0.3) is 0 Å². The summed E-state index contributed by atoms with van der Waals surface area (Å²) in [6, 6.07) is -0.644. The fourth-order valence-corrected chi connectivity index (χ4v) is 2.07. The third-order valence-electron chi connectivity index (χ3n) is 3.02. The number of hydrogen-bond acceptors (Lipinski definition) is 3. The van der Waals surface area contributed by atoms with Gasteiger partial charge >= 0.3 is 12.0 Å². The molecule has 2 N–H and O–H groups in total. The van der Waals surface area contributed by atoms with E-state index in [9.17, 15) is 9.59 Å². The van der Waals surface area contributed by atoms with Gasteiger partial charge in [-0.25, -0.2) is 9.78 Å².